The van der Waals surface area contributed by atoms with Crippen molar-refractivity contribution in [3.05, 3.63) is 40.8 Å². The maximum atomic E-state index is 13.3. The number of benzene rings is 1. The van der Waals surface area contributed by atoms with Gasteiger partial charge in [-0.05, 0) is 37.5 Å². The SMILES string of the molecule is COC(=O)OCn1ccc2c(S(=O)N3CCC(N)C34CC4)cccc2c1=O. The van der Waals surface area contributed by atoms with Gasteiger partial charge in [0.25, 0.3) is 5.56 Å². The summed E-state index contributed by atoms with van der Waals surface area (Å²) in [5, 5.41) is 1.05. The fourth-order valence-corrected chi connectivity index (χ4v) is 5.49. The zero-order chi connectivity index (χ0) is 19.2. The van der Waals surface area contributed by atoms with Crippen LogP contribution in [0.1, 0.15) is 19.3 Å². The lowest BCUT2D eigenvalue weighted by Gasteiger charge is -2.25. The van der Waals surface area contributed by atoms with E-state index in [1.54, 1.807) is 24.3 Å². The second kappa shape index (κ2) is 6.74. The van der Waals surface area contributed by atoms with Crippen molar-refractivity contribution in [3.63, 3.8) is 0 Å². The summed E-state index contributed by atoms with van der Waals surface area (Å²) in [4.78, 5) is 24.4. The van der Waals surface area contributed by atoms with Gasteiger partial charge in [0, 0.05) is 35.1 Å². The number of pyridine rings is 1. The van der Waals surface area contributed by atoms with Crippen molar-refractivity contribution >= 4 is 27.9 Å². The van der Waals surface area contributed by atoms with Gasteiger partial charge in [-0.15, -0.1) is 0 Å². The van der Waals surface area contributed by atoms with Gasteiger partial charge in [0.05, 0.1) is 12.0 Å². The Kier molecular flexibility index (Phi) is 4.53. The number of aromatic nitrogens is 1. The Morgan fingerprint density at radius 1 is 1.33 bits per heavy atom. The highest BCUT2D eigenvalue weighted by Gasteiger charge is 2.58. The molecular weight excluding hydrogens is 370 g/mol. The number of fused-ring (bicyclic) bond motifs is 1. The van der Waals surface area contributed by atoms with E-state index >= 15 is 0 Å². The van der Waals surface area contributed by atoms with E-state index < -0.39 is 17.1 Å². The molecule has 2 atom stereocenters. The number of carbonyl (C=O) groups excluding carboxylic acids is 1. The molecule has 4 rings (SSSR count). The Morgan fingerprint density at radius 2 is 2.11 bits per heavy atom. The minimum absolute atomic E-state index is 0.0455. The summed E-state index contributed by atoms with van der Waals surface area (Å²) in [7, 11) is -0.190. The van der Waals surface area contributed by atoms with Crippen LogP contribution in [0.5, 0.6) is 0 Å². The van der Waals surface area contributed by atoms with Crippen molar-refractivity contribution in [3.8, 4) is 0 Å². The normalized spacial score (nSPS) is 22.1. The van der Waals surface area contributed by atoms with Crippen LogP contribution >= 0.6 is 0 Å². The van der Waals surface area contributed by atoms with Gasteiger partial charge in [0.1, 0.15) is 11.0 Å². The van der Waals surface area contributed by atoms with Crippen LogP contribution in [-0.4, -0.2) is 44.5 Å². The molecule has 2 aromatic rings. The van der Waals surface area contributed by atoms with E-state index in [1.807, 2.05) is 4.31 Å². The van der Waals surface area contributed by atoms with Gasteiger partial charge < -0.3 is 15.2 Å². The molecule has 2 heterocycles. The third-order valence-corrected chi connectivity index (χ3v) is 7.13. The van der Waals surface area contributed by atoms with E-state index in [9.17, 15) is 13.8 Å². The quantitative estimate of drug-likeness (QED) is 0.789. The molecule has 1 aliphatic carbocycles. The smallest absolute Gasteiger partial charge is 0.438 e. The summed E-state index contributed by atoms with van der Waals surface area (Å²) in [5.74, 6) is 0. The summed E-state index contributed by atoms with van der Waals surface area (Å²) in [6, 6.07) is 6.95. The molecule has 27 heavy (non-hydrogen) atoms. The summed E-state index contributed by atoms with van der Waals surface area (Å²) in [6.07, 6.45) is 3.41. The van der Waals surface area contributed by atoms with Crippen LogP contribution in [-0.2, 0) is 27.2 Å². The predicted octanol–water partition coefficient (Wildman–Crippen LogP) is 1.33. The second-order valence-electron chi connectivity index (χ2n) is 6.89. The van der Waals surface area contributed by atoms with Crippen LogP contribution in [0.3, 0.4) is 0 Å². The first-order valence-electron chi connectivity index (χ1n) is 8.76. The number of hydrogen-bond donors (Lipinski definition) is 1. The predicted molar refractivity (Wildman–Crippen MR) is 99.4 cm³/mol. The molecular formula is C18H21N3O5S. The fourth-order valence-electron chi connectivity index (χ4n) is 3.77. The van der Waals surface area contributed by atoms with Crippen molar-refractivity contribution in [2.75, 3.05) is 13.7 Å². The molecule has 1 aromatic carbocycles. The minimum atomic E-state index is -1.39. The van der Waals surface area contributed by atoms with Crippen molar-refractivity contribution in [1.29, 1.82) is 0 Å². The Labute approximate surface area is 158 Å². The molecule has 1 saturated heterocycles. The maximum absolute atomic E-state index is 13.3. The van der Waals surface area contributed by atoms with Gasteiger partial charge in [-0.2, -0.15) is 0 Å². The van der Waals surface area contributed by atoms with Crippen LogP contribution in [0.2, 0.25) is 0 Å². The van der Waals surface area contributed by atoms with Gasteiger partial charge in [-0.1, -0.05) is 6.07 Å². The number of rotatable bonds is 4. The van der Waals surface area contributed by atoms with Crippen molar-refractivity contribution < 1.29 is 18.5 Å². The van der Waals surface area contributed by atoms with Gasteiger partial charge in [-0.25, -0.2) is 13.3 Å². The first-order chi connectivity index (χ1) is 13.0. The molecule has 8 nitrogen and oxygen atoms in total. The Morgan fingerprint density at radius 3 is 2.81 bits per heavy atom. The van der Waals surface area contributed by atoms with Gasteiger partial charge in [0.15, 0.2) is 6.73 Å². The summed E-state index contributed by atoms with van der Waals surface area (Å²) < 4.78 is 25.8. The number of hydrogen-bond acceptors (Lipinski definition) is 6. The van der Waals surface area contributed by atoms with Crippen molar-refractivity contribution in [1.82, 2.24) is 8.87 Å². The lowest BCUT2D eigenvalue weighted by molar-refractivity contribution is 0.0477. The van der Waals surface area contributed by atoms with Gasteiger partial charge in [-0.3, -0.25) is 9.36 Å². The Hall–Kier alpha value is -2.23. The van der Waals surface area contributed by atoms with E-state index in [1.165, 1.54) is 17.9 Å². The Balaban J connectivity index is 1.69. The molecule has 1 saturated carbocycles. The molecule has 2 aliphatic rings. The zero-order valence-electron chi connectivity index (χ0n) is 14.9. The van der Waals surface area contributed by atoms with Crippen LogP contribution in [0, 0.1) is 0 Å². The molecule has 0 bridgehead atoms. The highest BCUT2D eigenvalue weighted by molar-refractivity contribution is 7.83. The first kappa shape index (κ1) is 18.1. The lowest BCUT2D eigenvalue weighted by atomic mass is 10.1. The third kappa shape index (κ3) is 2.95. The fraction of sp³-hybridized carbons (Fsp3) is 0.444. The highest BCUT2D eigenvalue weighted by atomic mass is 32.2. The third-order valence-electron chi connectivity index (χ3n) is 5.45. The summed E-state index contributed by atoms with van der Waals surface area (Å²) >= 11 is 0. The standard InChI is InChI=1S/C18H21N3O5S/c1-25-17(23)26-11-20-9-5-12-13(16(20)22)3-2-4-14(12)27(24)21-10-6-15(19)18(21)7-8-18/h2-5,9,15H,6-8,10-11,19H2,1H3. The number of methoxy groups -OCH3 is 1. The molecule has 0 amide bonds. The molecule has 1 aromatic heterocycles. The number of nitrogens with two attached hydrogens (primary N) is 1. The maximum Gasteiger partial charge on any atom is 0.509 e. The van der Waals surface area contributed by atoms with Crippen LogP contribution in [0.25, 0.3) is 10.8 Å². The highest BCUT2D eigenvalue weighted by Crippen LogP contribution is 2.50. The topological polar surface area (TPSA) is 104 Å². The van der Waals surface area contributed by atoms with Gasteiger partial charge in [0.2, 0.25) is 0 Å². The van der Waals surface area contributed by atoms with E-state index in [0.717, 1.165) is 19.3 Å². The van der Waals surface area contributed by atoms with E-state index in [-0.39, 0.29) is 23.9 Å². The molecule has 1 aliphatic heterocycles. The average Bonchev–Trinajstić information content (AvgIpc) is 3.41. The van der Waals surface area contributed by atoms with Crippen molar-refractivity contribution in [2.24, 2.45) is 5.73 Å². The first-order valence-corrected chi connectivity index (χ1v) is 9.86. The molecule has 0 radical (unpaired) electrons. The lowest BCUT2D eigenvalue weighted by Crippen LogP contribution is -2.42. The summed E-state index contributed by atoms with van der Waals surface area (Å²) in [6.45, 7) is 0.438. The Bertz CT molecular complexity index is 985. The molecule has 144 valence electrons. The zero-order valence-corrected chi connectivity index (χ0v) is 15.7. The van der Waals surface area contributed by atoms with E-state index in [2.05, 4.69) is 4.74 Å². The van der Waals surface area contributed by atoms with Crippen LogP contribution in [0.15, 0.2) is 40.2 Å². The monoisotopic (exact) mass is 391 g/mol. The minimum Gasteiger partial charge on any atom is -0.438 e. The number of carbonyl (C=O) groups is 1. The molecule has 1 spiro atoms. The molecule has 2 fully saturated rings. The molecule has 9 heteroatoms. The summed E-state index contributed by atoms with van der Waals surface area (Å²) in [5.41, 5.74) is 5.75. The van der Waals surface area contributed by atoms with E-state index in [4.69, 9.17) is 10.5 Å². The van der Waals surface area contributed by atoms with E-state index in [0.29, 0.717) is 22.2 Å². The second-order valence-corrected chi connectivity index (χ2v) is 8.26. The average molecular weight is 391 g/mol. The van der Waals surface area contributed by atoms with Gasteiger partial charge >= 0.3 is 6.16 Å². The number of nitrogens with zero attached hydrogens (tertiary/aromatic N) is 2. The molecule has 2 unspecified atom stereocenters. The van der Waals surface area contributed by atoms with Crippen LogP contribution in [0.4, 0.5) is 4.79 Å². The largest absolute Gasteiger partial charge is 0.509 e. The molecule has 2 N–H and O–H groups in total. The van der Waals surface area contributed by atoms with Crippen LogP contribution < -0.4 is 11.3 Å². The number of ether oxygens (including phenoxy) is 2. The van der Waals surface area contributed by atoms with Crippen molar-refractivity contribution in [2.45, 2.75) is 42.5 Å².